The molecule has 0 unspecified atom stereocenters. The first-order chi connectivity index (χ1) is 15.1. The van der Waals surface area contributed by atoms with Gasteiger partial charge in [0.05, 0.1) is 21.7 Å². The number of Topliss-reactive ketones (excluding diaryl/α,β-unsaturated/α-hetero) is 1. The molecule has 0 saturated heterocycles. The van der Waals surface area contributed by atoms with Gasteiger partial charge in [-0.1, -0.05) is 23.8 Å². The van der Waals surface area contributed by atoms with Crippen molar-refractivity contribution in [3.63, 3.8) is 0 Å². The molecule has 32 heavy (non-hydrogen) atoms. The SMILES string of the molecule is Cc1ccc(N(C)S(=O)(=O)c2cccc(C(=O)OCC(=O)c3cc(F)ccc3F)c2)cc1. The molecular weight excluding hydrogens is 440 g/mol. The predicted molar refractivity (Wildman–Crippen MR) is 114 cm³/mol. The summed E-state index contributed by atoms with van der Waals surface area (Å²) in [5, 5.41) is 0. The van der Waals surface area contributed by atoms with Crippen molar-refractivity contribution >= 4 is 27.5 Å². The predicted octanol–water partition coefficient (Wildman–Crippen LogP) is 4.14. The summed E-state index contributed by atoms with van der Waals surface area (Å²) < 4.78 is 58.8. The van der Waals surface area contributed by atoms with Gasteiger partial charge in [-0.25, -0.2) is 22.0 Å². The van der Waals surface area contributed by atoms with Gasteiger partial charge in [-0.2, -0.15) is 0 Å². The zero-order chi connectivity index (χ0) is 23.5. The lowest BCUT2D eigenvalue weighted by molar-refractivity contribution is 0.0473. The van der Waals surface area contributed by atoms with Crippen LogP contribution in [0.25, 0.3) is 0 Å². The summed E-state index contributed by atoms with van der Waals surface area (Å²) >= 11 is 0. The number of nitrogens with zero attached hydrogens (tertiary/aromatic N) is 1. The molecule has 166 valence electrons. The van der Waals surface area contributed by atoms with Gasteiger partial charge in [0.2, 0.25) is 5.78 Å². The molecule has 0 aliphatic heterocycles. The molecule has 0 radical (unpaired) electrons. The number of carbonyl (C=O) groups excluding carboxylic acids is 2. The van der Waals surface area contributed by atoms with E-state index in [1.54, 1.807) is 24.3 Å². The number of ketones is 1. The fourth-order valence-electron chi connectivity index (χ4n) is 2.84. The Bertz CT molecular complexity index is 1270. The number of anilines is 1. The summed E-state index contributed by atoms with van der Waals surface area (Å²) in [5.41, 5.74) is 0.744. The van der Waals surface area contributed by atoms with Crippen LogP contribution in [-0.2, 0) is 14.8 Å². The van der Waals surface area contributed by atoms with Gasteiger partial charge in [0, 0.05) is 7.05 Å². The molecule has 0 heterocycles. The quantitative estimate of drug-likeness (QED) is 0.392. The lowest BCUT2D eigenvalue weighted by Gasteiger charge is -2.20. The Morgan fingerprint density at radius 1 is 0.969 bits per heavy atom. The molecule has 0 spiro atoms. The van der Waals surface area contributed by atoms with E-state index in [1.165, 1.54) is 25.2 Å². The minimum Gasteiger partial charge on any atom is -0.454 e. The zero-order valence-electron chi connectivity index (χ0n) is 17.2. The largest absolute Gasteiger partial charge is 0.454 e. The second kappa shape index (κ2) is 9.27. The van der Waals surface area contributed by atoms with Crippen molar-refractivity contribution < 1.29 is 31.5 Å². The van der Waals surface area contributed by atoms with Crippen LogP contribution in [-0.4, -0.2) is 33.8 Å². The minimum absolute atomic E-state index is 0.115. The number of sulfonamides is 1. The van der Waals surface area contributed by atoms with Crippen molar-refractivity contribution in [3.8, 4) is 0 Å². The maximum atomic E-state index is 13.7. The Morgan fingerprint density at radius 2 is 1.66 bits per heavy atom. The molecule has 0 aliphatic rings. The van der Waals surface area contributed by atoms with Gasteiger partial charge >= 0.3 is 5.97 Å². The molecule has 3 rings (SSSR count). The number of benzene rings is 3. The number of carbonyl (C=O) groups is 2. The van der Waals surface area contributed by atoms with E-state index >= 15 is 0 Å². The van der Waals surface area contributed by atoms with Crippen LogP contribution < -0.4 is 4.31 Å². The highest BCUT2D eigenvalue weighted by atomic mass is 32.2. The molecule has 3 aromatic carbocycles. The third-order valence-electron chi connectivity index (χ3n) is 4.69. The molecule has 3 aromatic rings. The van der Waals surface area contributed by atoms with Gasteiger partial charge in [0.25, 0.3) is 10.0 Å². The Kier molecular flexibility index (Phi) is 6.69. The average molecular weight is 459 g/mol. The molecule has 0 aliphatic carbocycles. The van der Waals surface area contributed by atoms with Crippen molar-refractivity contribution in [1.82, 2.24) is 0 Å². The van der Waals surface area contributed by atoms with Crippen LogP contribution in [0.1, 0.15) is 26.3 Å². The zero-order valence-corrected chi connectivity index (χ0v) is 18.0. The number of aryl methyl sites for hydroxylation is 1. The fourth-order valence-corrected chi connectivity index (χ4v) is 4.08. The molecule has 0 fully saturated rings. The highest BCUT2D eigenvalue weighted by molar-refractivity contribution is 7.92. The van der Waals surface area contributed by atoms with Crippen LogP contribution in [0.5, 0.6) is 0 Å². The van der Waals surface area contributed by atoms with E-state index in [0.717, 1.165) is 28.1 Å². The maximum absolute atomic E-state index is 13.7. The average Bonchev–Trinajstić information content (AvgIpc) is 2.79. The summed E-state index contributed by atoms with van der Waals surface area (Å²) in [6.45, 7) is 1.04. The van der Waals surface area contributed by atoms with Gasteiger partial charge in [0.15, 0.2) is 6.61 Å². The molecule has 0 saturated carbocycles. The van der Waals surface area contributed by atoms with Crippen LogP contribution in [0.2, 0.25) is 0 Å². The Labute approximate surface area is 184 Å². The van der Waals surface area contributed by atoms with Crippen LogP contribution in [0.15, 0.2) is 71.6 Å². The molecule has 0 atom stereocenters. The van der Waals surface area contributed by atoms with E-state index < -0.39 is 45.6 Å². The maximum Gasteiger partial charge on any atom is 0.338 e. The van der Waals surface area contributed by atoms with Gasteiger partial charge in [0.1, 0.15) is 11.6 Å². The number of esters is 1. The monoisotopic (exact) mass is 459 g/mol. The lowest BCUT2D eigenvalue weighted by Crippen LogP contribution is -2.26. The van der Waals surface area contributed by atoms with E-state index in [1.807, 2.05) is 6.92 Å². The molecule has 0 N–H and O–H groups in total. The van der Waals surface area contributed by atoms with Crippen molar-refractivity contribution in [2.24, 2.45) is 0 Å². The fraction of sp³-hybridized carbons (Fsp3) is 0.130. The third kappa shape index (κ3) is 5.00. The van der Waals surface area contributed by atoms with E-state index in [4.69, 9.17) is 4.74 Å². The molecule has 9 heteroatoms. The first-order valence-electron chi connectivity index (χ1n) is 9.40. The summed E-state index contributed by atoms with van der Waals surface area (Å²) in [6, 6.07) is 14.3. The summed E-state index contributed by atoms with van der Waals surface area (Å²) in [5.74, 6) is -3.67. The molecular formula is C23H19F2NO5S. The second-order valence-corrected chi connectivity index (χ2v) is 8.93. The third-order valence-corrected chi connectivity index (χ3v) is 6.47. The molecule has 6 nitrogen and oxygen atoms in total. The van der Waals surface area contributed by atoms with Gasteiger partial charge in [-0.3, -0.25) is 9.10 Å². The number of hydrogen-bond donors (Lipinski definition) is 0. The van der Waals surface area contributed by atoms with E-state index in [0.29, 0.717) is 11.8 Å². The Morgan fingerprint density at radius 3 is 2.34 bits per heavy atom. The first kappa shape index (κ1) is 23.1. The summed E-state index contributed by atoms with van der Waals surface area (Å²) in [4.78, 5) is 24.2. The standard InChI is InChI=1S/C23H19F2NO5S/c1-15-6-9-18(10-7-15)26(2)32(29,30)19-5-3-4-16(12-19)23(28)31-14-22(27)20-13-17(24)8-11-21(20)25/h3-13H,14H2,1-2H3. The number of ether oxygens (including phenoxy) is 1. The topological polar surface area (TPSA) is 80.8 Å². The van der Waals surface area contributed by atoms with E-state index in [9.17, 15) is 26.8 Å². The smallest absolute Gasteiger partial charge is 0.338 e. The Hall–Kier alpha value is -3.59. The van der Waals surface area contributed by atoms with Crippen molar-refractivity contribution in [3.05, 3.63) is 95.1 Å². The van der Waals surface area contributed by atoms with Gasteiger partial charge < -0.3 is 4.74 Å². The van der Waals surface area contributed by atoms with Gasteiger partial charge in [-0.15, -0.1) is 0 Å². The summed E-state index contributed by atoms with van der Waals surface area (Å²) in [7, 11) is -2.59. The van der Waals surface area contributed by atoms with Crippen LogP contribution in [0.3, 0.4) is 0 Å². The molecule has 0 bridgehead atoms. The lowest BCUT2D eigenvalue weighted by atomic mass is 10.1. The van der Waals surface area contributed by atoms with Crippen molar-refractivity contribution in [1.29, 1.82) is 0 Å². The number of halogens is 2. The van der Waals surface area contributed by atoms with E-state index in [-0.39, 0.29) is 10.5 Å². The summed E-state index contributed by atoms with van der Waals surface area (Å²) in [6.07, 6.45) is 0. The highest BCUT2D eigenvalue weighted by Crippen LogP contribution is 2.23. The minimum atomic E-state index is -3.98. The normalized spacial score (nSPS) is 11.1. The Balaban J connectivity index is 1.76. The number of hydrogen-bond acceptors (Lipinski definition) is 5. The molecule has 0 amide bonds. The number of rotatable bonds is 7. The second-order valence-electron chi connectivity index (χ2n) is 6.96. The van der Waals surface area contributed by atoms with Crippen LogP contribution in [0, 0.1) is 18.6 Å². The van der Waals surface area contributed by atoms with Crippen molar-refractivity contribution in [2.75, 3.05) is 18.0 Å². The van der Waals surface area contributed by atoms with E-state index in [2.05, 4.69) is 0 Å². The van der Waals surface area contributed by atoms with Crippen molar-refractivity contribution in [2.45, 2.75) is 11.8 Å². The van der Waals surface area contributed by atoms with Crippen LogP contribution >= 0.6 is 0 Å². The van der Waals surface area contributed by atoms with Gasteiger partial charge in [-0.05, 0) is 55.5 Å². The molecule has 0 aromatic heterocycles. The first-order valence-corrected chi connectivity index (χ1v) is 10.8. The highest BCUT2D eigenvalue weighted by Gasteiger charge is 2.23. The van der Waals surface area contributed by atoms with Crippen LogP contribution in [0.4, 0.5) is 14.5 Å².